The summed E-state index contributed by atoms with van der Waals surface area (Å²) in [5.41, 5.74) is 0. The van der Waals surface area contributed by atoms with E-state index in [1.54, 1.807) is 11.8 Å². The van der Waals surface area contributed by atoms with Gasteiger partial charge in [0, 0.05) is 29.1 Å². The molecule has 1 amide bonds. The summed E-state index contributed by atoms with van der Waals surface area (Å²) in [4.78, 5) is 13.0. The Morgan fingerprint density at radius 1 is 1.47 bits per heavy atom. The molecule has 0 spiro atoms. The van der Waals surface area contributed by atoms with Gasteiger partial charge in [0.15, 0.2) is 0 Å². The Balaban J connectivity index is 2.31. The highest BCUT2D eigenvalue weighted by Crippen LogP contribution is 2.30. The number of carbonyl (C=O) groups is 1. The van der Waals surface area contributed by atoms with Gasteiger partial charge >= 0.3 is 0 Å². The Morgan fingerprint density at radius 3 is 2.89 bits per heavy atom. The second-order valence-electron chi connectivity index (χ2n) is 4.03. The highest BCUT2D eigenvalue weighted by Gasteiger charge is 2.14. The van der Waals surface area contributed by atoms with Gasteiger partial charge in [0.05, 0.1) is 5.25 Å². The van der Waals surface area contributed by atoms with E-state index in [0.717, 1.165) is 22.4 Å². The molecule has 3 nitrogen and oxygen atoms in total. The Morgan fingerprint density at radius 2 is 2.21 bits per heavy atom. The first kappa shape index (κ1) is 16.5. The topological polar surface area (TPSA) is 38.3 Å². The van der Waals surface area contributed by atoms with Crippen LogP contribution in [0, 0.1) is 0 Å². The van der Waals surface area contributed by atoms with Crippen molar-refractivity contribution >= 4 is 33.6 Å². The molecule has 0 saturated carbocycles. The highest BCUT2D eigenvalue weighted by molar-refractivity contribution is 9.10. The third-order valence-corrected chi connectivity index (χ3v) is 4.61. The van der Waals surface area contributed by atoms with E-state index in [4.69, 9.17) is 4.74 Å². The molecule has 0 aliphatic carbocycles. The predicted octanol–water partition coefficient (Wildman–Crippen LogP) is 3.47. The van der Waals surface area contributed by atoms with Crippen molar-refractivity contribution in [1.82, 2.24) is 5.32 Å². The first-order valence-corrected chi connectivity index (χ1v) is 8.09. The number of thioether (sulfide) groups is 1. The fourth-order valence-electron chi connectivity index (χ4n) is 1.46. The number of rotatable bonds is 8. The fourth-order valence-corrected chi connectivity index (χ4v) is 2.93. The molecule has 0 saturated heterocycles. The van der Waals surface area contributed by atoms with Crippen LogP contribution in [-0.2, 0) is 9.53 Å². The molecule has 106 valence electrons. The van der Waals surface area contributed by atoms with Gasteiger partial charge in [-0.3, -0.25) is 4.79 Å². The van der Waals surface area contributed by atoms with Crippen molar-refractivity contribution in [2.45, 2.75) is 30.4 Å². The van der Waals surface area contributed by atoms with Crippen molar-refractivity contribution in [1.29, 1.82) is 0 Å². The van der Waals surface area contributed by atoms with E-state index in [1.165, 1.54) is 0 Å². The molecule has 0 aliphatic heterocycles. The summed E-state index contributed by atoms with van der Waals surface area (Å²) in [5.74, 6) is 0.0669. The van der Waals surface area contributed by atoms with Crippen molar-refractivity contribution in [3.8, 4) is 0 Å². The summed E-state index contributed by atoms with van der Waals surface area (Å²) < 4.78 is 6.25. The number of hydrogen-bond donors (Lipinski definition) is 1. The van der Waals surface area contributed by atoms with Crippen molar-refractivity contribution in [2.75, 3.05) is 19.8 Å². The summed E-state index contributed by atoms with van der Waals surface area (Å²) in [6, 6.07) is 7.93. The van der Waals surface area contributed by atoms with Crippen molar-refractivity contribution in [2.24, 2.45) is 0 Å². The maximum absolute atomic E-state index is 11.9. The number of hydrogen-bond acceptors (Lipinski definition) is 3. The Kier molecular flexibility index (Phi) is 8.18. The Labute approximate surface area is 127 Å². The first-order valence-electron chi connectivity index (χ1n) is 6.41. The number of ether oxygens (including phenoxy) is 1. The number of carbonyl (C=O) groups excluding carboxylic acids is 1. The van der Waals surface area contributed by atoms with E-state index in [2.05, 4.69) is 21.2 Å². The molecule has 1 aromatic rings. The molecule has 19 heavy (non-hydrogen) atoms. The van der Waals surface area contributed by atoms with Crippen LogP contribution in [0.5, 0.6) is 0 Å². The molecule has 1 N–H and O–H groups in total. The molecule has 0 heterocycles. The molecule has 0 aliphatic rings. The third-order valence-electron chi connectivity index (χ3n) is 2.48. The number of amides is 1. The lowest BCUT2D eigenvalue weighted by atomic mass is 10.4. The standard InChI is InChI=1S/C14H20BrNO2S/c1-3-18-10-6-9-16-14(17)11(2)19-13-8-5-4-7-12(13)15/h4-5,7-8,11H,3,6,9-10H2,1-2H3,(H,16,17). The monoisotopic (exact) mass is 345 g/mol. The van der Waals surface area contributed by atoms with Crippen LogP contribution < -0.4 is 5.32 Å². The van der Waals surface area contributed by atoms with Crippen molar-refractivity contribution in [3.05, 3.63) is 28.7 Å². The number of halogens is 1. The molecular weight excluding hydrogens is 326 g/mol. The van der Waals surface area contributed by atoms with Crippen LogP contribution in [0.15, 0.2) is 33.6 Å². The van der Waals surface area contributed by atoms with E-state index in [0.29, 0.717) is 13.2 Å². The second kappa shape index (κ2) is 9.39. The van der Waals surface area contributed by atoms with Crippen LogP contribution in [0.3, 0.4) is 0 Å². The van der Waals surface area contributed by atoms with Crippen LogP contribution in [0.1, 0.15) is 20.3 Å². The SMILES string of the molecule is CCOCCCNC(=O)C(C)Sc1ccccc1Br. The van der Waals surface area contributed by atoms with Gasteiger partial charge in [-0.2, -0.15) is 0 Å². The Bertz CT molecular complexity index is 401. The minimum absolute atomic E-state index is 0.0669. The fraction of sp³-hybridized carbons (Fsp3) is 0.500. The molecule has 1 unspecified atom stereocenters. The van der Waals surface area contributed by atoms with Crippen molar-refractivity contribution in [3.63, 3.8) is 0 Å². The summed E-state index contributed by atoms with van der Waals surface area (Å²) in [5, 5.41) is 2.82. The first-order chi connectivity index (χ1) is 9.15. The molecule has 1 aromatic carbocycles. The smallest absolute Gasteiger partial charge is 0.233 e. The average molecular weight is 346 g/mol. The average Bonchev–Trinajstić information content (AvgIpc) is 2.41. The van der Waals surface area contributed by atoms with Gasteiger partial charge in [0.25, 0.3) is 0 Å². The normalized spacial score (nSPS) is 12.2. The van der Waals surface area contributed by atoms with Gasteiger partial charge in [0.1, 0.15) is 0 Å². The van der Waals surface area contributed by atoms with E-state index in [-0.39, 0.29) is 11.2 Å². The summed E-state index contributed by atoms with van der Waals surface area (Å²) in [6.45, 7) is 5.97. The number of nitrogens with one attached hydrogen (secondary N) is 1. The van der Waals surface area contributed by atoms with E-state index in [9.17, 15) is 4.79 Å². The lowest BCUT2D eigenvalue weighted by Gasteiger charge is -2.12. The van der Waals surface area contributed by atoms with E-state index in [1.807, 2.05) is 38.1 Å². The molecule has 1 atom stereocenters. The minimum Gasteiger partial charge on any atom is -0.382 e. The summed E-state index contributed by atoms with van der Waals surface area (Å²) in [7, 11) is 0. The molecule has 0 fully saturated rings. The third kappa shape index (κ3) is 6.45. The minimum atomic E-state index is -0.106. The molecule has 0 bridgehead atoms. The zero-order chi connectivity index (χ0) is 14.1. The predicted molar refractivity (Wildman–Crippen MR) is 83.6 cm³/mol. The molecule has 5 heteroatoms. The molecule has 1 rings (SSSR count). The highest BCUT2D eigenvalue weighted by atomic mass is 79.9. The molecular formula is C14H20BrNO2S. The van der Waals surface area contributed by atoms with Gasteiger partial charge in [-0.05, 0) is 48.3 Å². The van der Waals surface area contributed by atoms with Gasteiger partial charge in [-0.15, -0.1) is 11.8 Å². The van der Waals surface area contributed by atoms with Crippen LogP contribution in [0.2, 0.25) is 0 Å². The van der Waals surface area contributed by atoms with Crippen LogP contribution in [-0.4, -0.2) is 30.9 Å². The maximum Gasteiger partial charge on any atom is 0.233 e. The molecule has 0 aromatic heterocycles. The summed E-state index contributed by atoms with van der Waals surface area (Å²) in [6.07, 6.45) is 0.853. The largest absolute Gasteiger partial charge is 0.382 e. The molecule has 0 radical (unpaired) electrons. The van der Waals surface area contributed by atoms with Gasteiger partial charge < -0.3 is 10.1 Å². The lowest BCUT2D eigenvalue weighted by molar-refractivity contribution is -0.120. The lowest BCUT2D eigenvalue weighted by Crippen LogP contribution is -2.32. The van der Waals surface area contributed by atoms with Crippen molar-refractivity contribution < 1.29 is 9.53 Å². The Hall–Kier alpha value is -0.520. The van der Waals surface area contributed by atoms with Crippen LogP contribution in [0.4, 0.5) is 0 Å². The summed E-state index contributed by atoms with van der Waals surface area (Å²) >= 11 is 5.04. The van der Waals surface area contributed by atoms with Crippen LogP contribution >= 0.6 is 27.7 Å². The number of benzene rings is 1. The van der Waals surface area contributed by atoms with E-state index < -0.39 is 0 Å². The van der Waals surface area contributed by atoms with Gasteiger partial charge in [-0.25, -0.2) is 0 Å². The van der Waals surface area contributed by atoms with Gasteiger partial charge in [0.2, 0.25) is 5.91 Å². The zero-order valence-electron chi connectivity index (χ0n) is 11.3. The quantitative estimate of drug-likeness (QED) is 0.579. The van der Waals surface area contributed by atoms with Gasteiger partial charge in [-0.1, -0.05) is 12.1 Å². The second-order valence-corrected chi connectivity index (χ2v) is 6.27. The van der Waals surface area contributed by atoms with E-state index >= 15 is 0 Å². The maximum atomic E-state index is 11.9. The zero-order valence-corrected chi connectivity index (χ0v) is 13.7. The van der Waals surface area contributed by atoms with Crippen LogP contribution in [0.25, 0.3) is 0 Å².